The van der Waals surface area contributed by atoms with E-state index in [2.05, 4.69) is 472 Å². The summed E-state index contributed by atoms with van der Waals surface area (Å²) in [4.78, 5) is 29.7. The lowest BCUT2D eigenvalue weighted by Crippen LogP contribution is -2.02. The second-order valence-corrected chi connectivity index (χ2v) is 35.5. The molecule has 19 aromatic carbocycles. The van der Waals surface area contributed by atoms with Crippen molar-refractivity contribution in [1.29, 1.82) is 0 Å². The Labute approximate surface area is 794 Å². The van der Waals surface area contributed by atoms with Crippen LogP contribution in [0.25, 0.3) is 243 Å². The second kappa shape index (κ2) is 34.9. The summed E-state index contributed by atoms with van der Waals surface area (Å²) in [5.74, 6) is 1.98. The molecule has 0 unspecified atom stereocenters. The van der Waals surface area contributed by atoms with E-state index in [1.165, 1.54) is 136 Å². The highest BCUT2D eigenvalue weighted by Crippen LogP contribution is 2.45. The number of thiophene rings is 1. The Morgan fingerprint density at radius 3 is 0.876 bits per heavy atom. The number of benzene rings is 19. The van der Waals surface area contributed by atoms with E-state index < -0.39 is 0 Å². The SMILES string of the molecule is c1ccc(-c2ccc(-c3cccc(-c4ccnc(-n5c6ccccc6c6cc(-n7c8ccccc8c8ccccc87)ccc65)n4)c3)cc2)cc1.c1ccc(-c2ccc(-c3cccc(-c4ccnc(-n5c6ccccc6c6ccccc65)n4)c3)cc2)cc1.c1ccc(-c2cccc(-c3ccc(-c4ccnc(-n5c6ccccc6c6ccc(-c7cccc8c7sc7ccccc78)cc65)n4)cc3)c2)cc1. The van der Waals surface area contributed by atoms with Crippen LogP contribution in [0.5, 0.6) is 0 Å². The molecular weight excluding hydrogens is 1690 g/mol. The first-order chi connectivity index (χ1) is 67.9. The van der Waals surface area contributed by atoms with Crippen LogP contribution in [-0.4, -0.2) is 48.2 Å². The van der Waals surface area contributed by atoms with Crippen molar-refractivity contribution in [3.63, 3.8) is 0 Å². The Kier molecular flexibility index (Phi) is 20.6. The molecule has 0 bridgehead atoms. The monoisotopic (exact) mass is 1770 g/mol. The summed E-state index contributed by atoms with van der Waals surface area (Å²) in [6.45, 7) is 0. The number of hydrogen-bond donors (Lipinski definition) is 0. The molecule has 642 valence electrons. The van der Waals surface area contributed by atoms with Gasteiger partial charge in [0.1, 0.15) is 0 Å². The summed E-state index contributed by atoms with van der Waals surface area (Å²) in [6, 6.07) is 170. The number of aromatic nitrogens is 10. The van der Waals surface area contributed by atoms with E-state index in [4.69, 9.17) is 24.9 Å². The van der Waals surface area contributed by atoms with Gasteiger partial charge in [-0.1, -0.05) is 376 Å². The van der Waals surface area contributed by atoms with Crippen molar-refractivity contribution in [3.8, 4) is 135 Å². The molecule has 8 heterocycles. The summed E-state index contributed by atoms with van der Waals surface area (Å²) in [7, 11) is 0. The lowest BCUT2D eigenvalue weighted by atomic mass is 9.98. The van der Waals surface area contributed by atoms with Gasteiger partial charge in [0.25, 0.3) is 0 Å². The molecule has 0 atom stereocenters. The van der Waals surface area contributed by atoms with E-state index >= 15 is 0 Å². The van der Waals surface area contributed by atoms with Crippen LogP contribution in [0.1, 0.15) is 0 Å². The van der Waals surface area contributed by atoms with Crippen LogP contribution in [0.2, 0.25) is 0 Å². The maximum atomic E-state index is 5.18. The highest BCUT2D eigenvalue weighted by atomic mass is 32.1. The van der Waals surface area contributed by atoms with Gasteiger partial charge in [0.2, 0.25) is 17.8 Å². The van der Waals surface area contributed by atoms with E-state index in [0.29, 0.717) is 17.8 Å². The van der Waals surface area contributed by atoms with Crippen LogP contribution in [0.15, 0.2) is 498 Å². The first-order valence-corrected chi connectivity index (χ1v) is 47.0. The molecule has 0 radical (unpaired) electrons. The molecule has 0 spiro atoms. The predicted octanol–water partition coefficient (Wildman–Crippen LogP) is 32.9. The van der Waals surface area contributed by atoms with Crippen molar-refractivity contribution in [1.82, 2.24) is 48.2 Å². The molecule has 27 rings (SSSR count). The summed E-state index contributed by atoms with van der Waals surface area (Å²) in [5.41, 5.74) is 32.6. The van der Waals surface area contributed by atoms with E-state index in [1.807, 2.05) is 60.3 Å². The average molecular weight is 1770 g/mol. The normalized spacial score (nSPS) is 11.5. The predicted molar refractivity (Wildman–Crippen MR) is 571 cm³/mol. The Morgan fingerprint density at radius 1 is 0.161 bits per heavy atom. The van der Waals surface area contributed by atoms with E-state index in [0.717, 1.165) is 89.1 Å². The second-order valence-electron chi connectivity index (χ2n) is 34.5. The zero-order valence-electron chi connectivity index (χ0n) is 74.2. The van der Waals surface area contributed by atoms with Crippen molar-refractivity contribution in [3.05, 3.63) is 498 Å². The van der Waals surface area contributed by atoms with Gasteiger partial charge in [-0.2, -0.15) is 0 Å². The Morgan fingerprint density at radius 2 is 0.445 bits per heavy atom. The fourth-order valence-corrected chi connectivity index (χ4v) is 21.1. The summed E-state index contributed by atoms with van der Waals surface area (Å²) in [5, 5.41) is 12.2. The number of para-hydroxylation sites is 6. The van der Waals surface area contributed by atoms with Crippen molar-refractivity contribution in [2.75, 3.05) is 0 Å². The lowest BCUT2D eigenvalue weighted by Gasteiger charge is -2.11. The summed E-state index contributed by atoms with van der Waals surface area (Å²) >= 11 is 1.86. The van der Waals surface area contributed by atoms with Gasteiger partial charge in [0.05, 0.1) is 61.2 Å². The minimum Gasteiger partial charge on any atom is -0.309 e. The van der Waals surface area contributed by atoms with Crippen LogP contribution < -0.4 is 0 Å². The maximum absolute atomic E-state index is 5.18. The molecule has 0 aliphatic rings. The molecule has 27 aromatic rings. The molecule has 0 fully saturated rings. The van der Waals surface area contributed by atoms with E-state index in [-0.39, 0.29) is 0 Å². The molecule has 0 N–H and O–H groups in total. The van der Waals surface area contributed by atoms with Crippen LogP contribution in [0, 0.1) is 0 Å². The topological polar surface area (TPSA) is 97.1 Å². The molecule has 137 heavy (non-hydrogen) atoms. The Bertz CT molecular complexity index is 9170. The third kappa shape index (κ3) is 15.0. The van der Waals surface area contributed by atoms with E-state index in [9.17, 15) is 0 Å². The van der Waals surface area contributed by atoms with Gasteiger partial charge >= 0.3 is 0 Å². The van der Waals surface area contributed by atoms with Crippen LogP contribution in [-0.2, 0) is 0 Å². The zero-order chi connectivity index (χ0) is 90.6. The molecular formula is C126H82N10S. The molecule has 11 heteroatoms. The van der Waals surface area contributed by atoms with Crippen LogP contribution >= 0.6 is 11.3 Å². The minimum absolute atomic E-state index is 0.649. The summed E-state index contributed by atoms with van der Waals surface area (Å²) in [6.07, 6.45) is 5.59. The van der Waals surface area contributed by atoms with Gasteiger partial charge < -0.3 is 4.57 Å². The molecule has 0 saturated carbocycles. The largest absolute Gasteiger partial charge is 0.309 e. The fraction of sp³-hybridized carbons (Fsp3) is 0. The Balaban J connectivity index is 0.000000111. The molecule has 0 saturated heterocycles. The van der Waals surface area contributed by atoms with Gasteiger partial charge in [0, 0.05) is 104 Å². The highest BCUT2D eigenvalue weighted by Gasteiger charge is 2.23. The molecule has 8 aromatic heterocycles. The molecule has 0 amide bonds. The van der Waals surface area contributed by atoms with Crippen molar-refractivity contribution >= 4 is 119 Å². The standard InChI is InChI=1S/C46H30N4.C46H29N3S.C34H23N3/c1-2-11-31(12-3-1)32-21-23-33(24-22-32)34-13-10-14-35(29-34)41-27-28-47-46(48-41)50-44-20-9-6-17-39(44)40-30-36(25-26-45(40)50)49-42-18-7-4-15-37(42)38-16-5-8-19-43(38)49;1-2-10-30(11-3-1)33-12-8-13-34(28-33)31-20-22-32(23-21-31)41-26-27-47-46(48-41)49-42-18-6-4-14-37(42)38-25-24-35(29-43(38)49)36-16-9-17-40-39-15-5-7-19-44(39)50-45(36)40;1-2-9-24(10-3-1)25-17-19-26(20-18-25)27-11-8-12-28(23-27)31-21-22-35-34(36-31)37-32-15-6-4-13-29(32)30-14-5-7-16-33(30)37/h1-30H;1-29H;1-23H. The molecule has 10 nitrogen and oxygen atoms in total. The van der Waals surface area contributed by atoms with Crippen molar-refractivity contribution in [2.24, 2.45) is 0 Å². The number of hydrogen-bond acceptors (Lipinski definition) is 7. The zero-order valence-corrected chi connectivity index (χ0v) is 75.0. The number of fused-ring (bicyclic) bond motifs is 15. The van der Waals surface area contributed by atoms with Gasteiger partial charge in [-0.3, -0.25) is 13.7 Å². The third-order valence-corrected chi connectivity index (χ3v) is 27.7. The summed E-state index contributed by atoms with van der Waals surface area (Å²) < 4.78 is 11.5. The van der Waals surface area contributed by atoms with Crippen molar-refractivity contribution < 1.29 is 0 Å². The Hall–Kier alpha value is -18.2. The molecule has 0 aliphatic carbocycles. The quantitative estimate of drug-likeness (QED) is 0.108. The van der Waals surface area contributed by atoms with Gasteiger partial charge in [-0.05, 0) is 181 Å². The average Bonchev–Trinajstić information content (AvgIpc) is 1.58. The number of nitrogens with zero attached hydrogens (tertiary/aromatic N) is 10. The fourth-order valence-electron chi connectivity index (χ4n) is 19.9. The van der Waals surface area contributed by atoms with Gasteiger partial charge in [-0.25, -0.2) is 29.9 Å². The van der Waals surface area contributed by atoms with E-state index in [1.54, 1.807) is 0 Å². The van der Waals surface area contributed by atoms with Crippen molar-refractivity contribution in [2.45, 2.75) is 0 Å². The third-order valence-electron chi connectivity index (χ3n) is 26.4. The molecule has 0 aliphatic heterocycles. The minimum atomic E-state index is 0.649. The smallest absolute Gasteiger partial charge is 0.235 e. The maximum Gasteiger partial charge on any atom is 0.235 e. The highest BCUT2D eigenvalue weighted by molar-refractivity contribution is 7.26. The van der Waals surface area contributed by atoms with Crippen LogP contribution in [0.3, 0.4) is 0 Å². The first kappa shape index (κ1) is 80.9. The van der Waals surface area contributed by atoms with Crippen LogP contribution in [0.4, 0.5) is 0 Å². The number of rotatable bonds is 14. The first-order valence-electron chi connectivity index (χ1n) is 46.2. The lowest BCUT2D eigenvalue weighted by molar-refractivity contribution is 0.991. The van der Waals surface area contributed by atoms with Gasteiger partial charge in [-0.15, -0.1) is 11.3 Å². The van der Waals surface area contributed by atoms with Gasteiger partial charge in [0.15, 0.2) is 0 Å².